The van der Waals surface area contributed by atoms with E-state index in [1.54, 1.807) is 0 Å². The van der Waals surface area contributed by atoms with Crippen LogP contribution in [0.2, 0.25) is 0 Å². The Morgan fingerprint density at radius 3 is 3.00 bits per heavy atom. The molecule has 1 aromatic rings. The summed E-state index contributed by atoms with van der Waals surface area (Å²) in [5.74, 6) is 0.896. The molecule has 0 amide bonds. The largest absolute Gasteiger partial charge is 0.343 e. The first kappa shape index (κ1) is 11.3. The van der Waals surface area contributed by atoms with Crippen molar-refractivity contribution in [2.75, 3.05) is 16.8 Å². The maximum absolute atomic E-state index is 4.49. The highest BCUT2D eigenvalue weighted by Gasteiger charge is 2.22. The lowest BCUT2D eigenvalue weighted by atomic mass is 10.1. The van der Waals surface area contributed by atoms with Crippen LogP contribution < -0.4 is 4.90 Å². The highest BCUT2D eigenvalue weighted by Crippen LogP contribution is 2.26. The molecule has 2 rings (SSSR count). The van der Waals surface area contributed by atoms with Gasteiger partial charge < -0.3 is 4.90 Å². The molecule has 0 spiro atoms. The molecule has 1 fully saturated rings. The van der Waals surface area contributed by atoms with Crippen molar-refractivity contribution < 1.29 is 0 Å². The molecule has 1 aliphatic heterocycles. The van der Waals surface area contributed by atoms with Crippen LogP contribution in [-0.2, 0) is 0 Å². The maximum Gasteiger partial charge on any atom is 0.205 e. The van der Waals surface area contributed by atoms with Gasteiger partial charge in [0.2, 0.25) is 5.13 Å². The minimum atomic E-state index is 0.597. The van der Waals surface area contributed by atoms with E-state index in [0.717, 1.165) is 22.8 Å². The van der Waals surface area contributed by atoms with E-state index in [1.165, 1.54) is 37.2 Å². The van der Waals surface area contributed by atoms with Gasteiger partial charge in [-0.3, -0.25) is 0 Å². The van der Waals surface area contributed by atoms with Gasteiger partial charge in [0.05, 0.1) is 0 Å². The number of anilines is 1. The lowest BCUT2D eigenvalue weighted by molar-refractivity contribution is 0.625. The van der Waals surface area contributed by atoms with E-state index in [-0.39, 0.29) is 0 Å². The van der Waals surface area contributed by atoms with Crippen molar-refractivity contribution in [2.45, 2.75) is 38.6 Å². The Bertz CT molecular complexity index is 315. The number of hydrogen-bond donors (Lipinski definition) is 0. The van der Waals surface area contributed by atoms with Gasteiger partial charge in [0.1, 0.15) is 5.82 Å². The molecule has 0 saturated carbocycles. The van der Waals surface area contributed by atoms with Gasteiger partial charge in [0.15, 0.2) is 0 Å². The minimum absolute atomic E-state index is 0.597. The first-order valence-electron chi connectivity index (χ1n) is 5.44. The minimum Gasteiger partial charge on any atom is -0.343 e. The summed E-state index contributed by atoms with van der Waals surface area (Å²) in [4.78, 5) is 6.91. The number of aryl methyl sites for hydroxylation is 1. The van der Waals surface area contributed by atoms with Crippen LogP contribution in [0.5, 0.6) is 0 Å². The molecule has 1 saturated heterocycles. The molecule has 2 heterocycles. The smallest absolute Gasteiger partial charge is 0.205 e. The second-order valence-corrected chi connectivity index (χ2v) is 5.35. The van der Waals surface area contributed by atoms with Crippen molar-refractivity contribution in [3.05, 3.63) is 5.82 Å². The van der Waals surface area contributed by atoms with Crippen LogP contribution in [0.4, 0.5) is 5.13 Å². The number of aromatic nitrogens is 2. The van der Waals surface area contributed by atoms with E-state index in [2.05, 4.69) is 30.2 Å². The Balaban J connectivity index is 2.16. The summed E-state index contributed by atoms with van der Waals surface area (Å²) >= 11 is 5.13. The molecule has 0 aliphatic carbocycles. The second-order valence-electron chi connectivity index (χ2n) is 3.98. The zero-order valence-corrected chi connectivity index (χ0v) is 11.4. The van der Waals surface area contributed by atoms with E-state index in [0.29, 0.717) is 6.04 Å². The number of rotatable bonds is 2. The summed E-state index contributed by atoms with van der Waals surface area (Å²) in [6.07, 6.45) is 5.23. The Morgan fingerprint density at radius 1 is 1.47 bits per heavy atom. The lowest BCUT2D eigenvalue weighted by Gasteiger charge is -2.27. The molecular formula is C10H16BrN3S. The van der Waals surface area contributed by atoms with Crippen LogP contribution in [0, 0.1) is 6.92 Å². The Hall–Kier alpha value is -0.160. The first-order chi connectivity index (χ1) is 7.31. The predicted octanol–water partition coefficient (Wildman–Crippen LogP) is 2.99. The molecule has 1 aromatic heterocycles. The Kier molecular flexibility index (Phi) is 3.97. The SMILES string of the molecule is Cc1nsc(N2CCCCCC2CBr)n1. The van der Waals surface area contributed by atoms with Crippen molar-refractivity contribution >= 4 is 32.6 Å². The van der Waals surface area contributed by atoms with Crippen LogP contribution in [0.3, 0.4) is 0 Å². The van der Waals surface area contributed by atoms with Gasteiger partial charge in [0, 0.05) is 29.4 Å². The van der Waals surface area contributed by atoms with E-state index < -0.39 is 0 Å². The summed E-state index contributed by atoms with van der Waals surface area (Å²) < 4.78 is 4.26. The summed E-state index contributed by atoms with van der Waals surface area (Å²) in [5, 5.41) is 2.13. The van der Waals surface area contributed by atoms with Crippen LogP contribution in [0.1, 0.15) is 31.5 Å². The van der Waals surface area contributed by atoms with Crippen molar-refractivity contribution in [2.24, 2.45) is 0 Å². The fourth-order valence-electron chi connectivity index (χ4n) is 1.99. The second kappa shape index (κ2) is 5.25. The van der Waals surface area contributed by atoms with Crippen LogP contribution in [-0.4, -0.2) is 27.3 Å². The molecule has 0 radical (unpaired) electrons. The van der Waals surface area contributed by atoms with Gasteiger partial charge in [-0.1, -0.05) is 28.8 Å². The van der Waals surface area contributed by atoms with Crippen molar-refractivity contribution in [1.29, 1.82) is 0 Å². The summed E-state index contributed by atoms with van der Waals surface area (Å²) in [5.41, 5.74) is 0. The number of hydrogen-bond acceptors (Lipinski definition) is 4. The predicted molar refractivity (Wildman–Crippen MR) is 68.0 cm³/mol. The molecule has 5 heteroatoms. The van der Waals surface area contributed by atoms with Gasteiger partial charge in [-0.15, -0.1) is 0 Å². The molecule has 1 unspecified atom stereocenters. The topological polar surface area (TPSA) is 29.0 Å². The van der Waals surface area contributed by atoms with Crippen molar-refractivity contribution in [3.8, 4) is 0 Å². The summed E-state index contributed by atoms with van der Waals surface area (Å²) in [6, 6.07) is 0.597. The zero-order chi connectivity index (χ0) is 10.7. The van der Waals surface area contributed by atoms with E-state index in [9.17, 15) is 0 Å². The fourth-order valence-corrected chi connectivity index (χ4v) is 3.44. The van der Waals surface area contributed by atoms with Crippen LogP contribution in [0.25, 0.3) is 0 Å². The molecule has 3 nitrogen and oxygen atoms in total. The molecule has 0 aromatic carbocycles. The molecular weight excluding hydrogens is 274 g/mol. The third-order valence-electron chi connectivity index (χ3n) is 2.82. The number of halogens is 1. The molecule has 15 heavy (non-hydrogen) atoms. The van der Waals surface area contributed by atoms with Gasteiger partial charge >= 0.3 is 0 Å². The average molecular weight is 290 g/mol. The summed E-state index contributed by atoms with van der Waals surface area (Å²) in [7, 11) is 0. The molecule has 0 N–H and O–H groups in total. The van der Waals surface area contributed by atoms with Crippen LogP contribution in [0.15, 0.2) is 0 Å². The monoisotopic (exact) mass is 289 g/mol. The number of alkyl halides is 1. The highest BCUT2D eigenvalue weighted by molar-refractivity contribution is 9.09. The zero-order valence-electron chi connectivity index (χ0n) is 8.95. The number of nitrogens with zero attached hydrogens (tertiary/aromatic N) is 3. The van der Waals surface area contributed by atoms with Crippen molar-refractivity contribution in [3.63, 3.8) is 0 Å². The van der Waals surface area contributed by atoms with Gasteiger partial charge in [0.25, 0.3) is 0 Å². The van der Waals surface area contributed by atoms with E-state index in [4.69, 9.17) is 0 Å². The van der Waals surface area contributed by atoms with E-state index >= 15 is 0 Å². The molecule has 1 atom stereocenters. The molecule has 1 aliphatic rings. The van der Waals surface area contributed by atoms with Gasteiger partial charge in [-0.2, -0.15) is 4.37 Å². The van der Waals surface area contributed by atoms with E-state index in [1.807, 2.05) is 6.92 Å². The lowest BCUT2D eigenvalue weighted by Crippen LogP contribution is -2.36. The molecule has 84 valence electrons. The van der Waals surface area contributed by atoms with Gasteiger partial charge in [-0.25, -0.2) is 4.98 Å². The first-order valence-corrected chi connectivity index (χ1v) is 7.33. The Morgan fingerprint density at radius 2 is 2.33 bits per heavy atom. The summed E-state index contributed by atoms with van der Waals surface area (Å²) in [6.45, 7) is 3.09. The third-order valence-corrected chi connectivity index (χ3v) is 4.41. The quantitative estimate of drug-likeness (QED) is 0.784. The fraction of sp³-hybridized carbons (Fsp3) is 0.800. The molecule has 0 bridgehead atoms. The maximum atomic E-state index is 4.49. The van der Waals surface area contributed by atoms with Crippen molar-refractivity contribution in [1.82, 2.24) is 9.36 Å². The normalized spacial score (nSPS) is 22.8. The highest BCUT2D eigenvalue weighted by atomic mass is 79.9. The van der Waals surface area contributed by atoms with Crippen LogP contribution >= 0.6 is 27.5 Å². The third kappa shape index (κ3) is 2.69. The standard InChI is InChI=1S/C10H16BrN3S/c1-8-12-10(15-13-8)14-6-4-2-3-5-9(14)7-11/h9H,2-7H2,1H3. The van der Waals surface area contributed by atoms with Gasteiger partial charge in [-0.05, 0) is 19.8 Å². The Labute approximate surface area is 103 Å². The average Bonchev–Trinajstić information content (AvgIpc) is 2.54.